The van der Waals surface area contributed by atoms with Gasteiger partial charge in [-0.1, -0.05) is 6.58 Å². The lowest BCUT2D eigenvalue weighted by atomic mass is 10.1. The minimum absolute atomic E-state index is 0.198. The summed E-state index contributed by atoms with van der Waals surface area (Å²) >= 11 is 0. The minimum Gasteiger partial charge on any atom is -0.328 e. The Hall–Kier alpha value is -1.08. The van der Waals surface area contributed by atoms with E-state index in [0.717, 1.165) is 0 Å². The molecule has 0 bridgehead atoms. The number of primary sulfonamides is 1. The van der Waals surface area contributed by atoms with E-state index in [4.69, 9.17) is 5.14 Å². The molecule has 1 saturated heterocycles. The first-order chi connectivity index (χ1) is 6.57. The standard InChI is InChI=1S/C8H15N3O3S/c1-6-10(4)7(12)8(2,3)11(6)5-15(9,13)14/h1,5H2,2-4H3,(H2,9,13,14). The van der Waals surface area contributed by atoms with Crippen LogP contribution in [0.2, 0.25) is 0 Å². The molecule has 0 aliphatic carbocycles. The largest absolute Gasteiger partial charge is 0.328 e. The van der Waals surface area contributed by atoms with Gasteiger partial charge >= 0.3 is 0 Å². The number of rotatable bonds is 2. The van der Waals surface area contributed by atoms with E-state index >= 15 is 0 Å². The normalized spacial score (nSPS) is 21.3. The first kappa shape index (κ1) is 12.0. The predicted octanol–water partition coefficient (Wildman–Crippen LogP) is -0.744. The van der Waals surface area contributed by atoms with Crippen molar-refractivity contribution in [2.75, 3.05) is 12.9 Å². The quantitative estimate of drug-likeness (QED) is 0.680. The first-order valence-electron chi connectivity index (χ1n) is 4.32. The Kier molecular flexibility index (Phi) is 2.56. The fourth-order valence-corrected chi connectivity index (χ4v) is 2.39. The zero-order valence-electron chi connectivity index (χ0n) is 9.02. The summed E-state index contributed by atoms with van der Waals surface area (Å²) in [6, 6.07) is 0. The lowest BCUT2D eigenvalue weighted by molar-refractivity contribution is -0.130. The van der Waals surface area contributed by atoms with Crippen molar-refractivity contribution in [3.8, 4) is 0 Å². The third kappa shape index (κ3) is 1.98. The Balaban J connectivity index is 3.09. The molecule has 0 radical (unpaired) electrons. The molecule has 1 amide bonds. The molecule has 6 nitrogen and oxygen atoms in total. The number of hydrogen-bond acceptors (Lipinski definition) is 4. The minimum atomic E-state index is -3.67. The van der Waals surface area contributed by atoms with E-state index in [-0.39, 0.29) is 5.91 Å². The summed E-state index contributed by atoms with van der Waals surface area (Å²) in [6.07, 6.45) is 0. The van der Waals surface area contributed by atoms with Gasteiger partial charge in [0.2, 0.25) is 10.0 Å². The maximum absolute atomic E-state index is 11.7. The lowest BCUT2D eigenvalue weighted by Crippen LogP contribution is -2.46. The number of carbonyl (C=O) groups is 1. The van der Waals surface area contributed by atoms with Gasteiger partial charge in [-0.3, -0.25) is 4.79 Å². The molecule has 0 unspecified atom stereocenters. The van der Waals surface area contributed by atoms with Crippen molar-refractivity contribution in [3.05, 3.63) is 12.4 Å². The van der Waals surface area contributed by atoms with Gasteiger partial charge in [0.1, 0.15) is 17.2 Å². The molecule has 0 aromatic rings. The van der Waals surface area contributed by atoms with Gasteiger partial charge in [0.25, 0.3) is 5.91 Å². The van der Waals surface area contributed by atoms with Crippen molar-refractivity contribution in [2.45, 2.75) is 19.4 Å². The summed E-state index contributed by atoms with van der Waals surface area (Å²) in [6.45, 7) is 6.93. The second kappa shape index (κ2) is 3.21. The molecule has 1 aliphatic heterocycles. The summed E-state index contributed by atoms with van der Waals surface area (Å²) in [4.78, 5) is 14.4. The molecule has 86 valence electrons. The molecule has 0 aromatic heterocycles. The molecule has 1 heterocycles. The van der Waals surface area contributed by atoms with E-state index in [0.29, 0.717) is 5.82 Å². The maximum atomic E-state index is 11.7. The smallest absolute Gasteiger partial charge is 0.253 e. The van der Waals surface area contributed by atoms with Crippen LogP contribution >= 0.6 is 0 Å². The summed E-state index contributed by atoms with van der Waals surface area (Å²) in [5.41, 5.74) is -0.918. The van der Waals surface area contributed by atoms with Crippen molar-refractivity contribution in [1.82, 2.24) is 9.80 Å². The lowest BCUT2D eigenvalue weighted by Gasteiger charge is -2.29. The van der Waals surface area contributed by atoms with E-state index < -0.39 is 21.4 Å². The van der Waals surface area contributed by atoms with Gasteiger partial charge in [-0.2, -0.15) is 0 Å². The topological polar surface area (TPSA) is 83.7 Å². The number of amides is 1. The van der Waals surface area contributed by atoms with E-state index in [2.05, 4.69) is 6.58 Å². The number of nitrogens with two attached hydrogens (primary N) is 1. The van der Waals surface area contributed by atoms with Gasteiger partial charge in [-0.25, -0.2) is 13.6 Å². The molecule has 0 aromatic carbocycles. The molecule has 0 atom stereocenters. The zero-order valence-corrected chi connectivity index (χ0v) is 9.84. The maximum Gasteiger partial charge on any atom is 0.253 e. The highest BCUT2D eigenvalue weighted by Crippen LogP contribution is 2.31. The van der Waals surface area contributed by atoms with Crippen LogP contribution in [0.25, 0.3) is 0 Å². The van der Waals surface area contributed by atoms with Gasteiger partial charge in [0.05, 0.1) is 0 Å². The Morgan fingerprint density at radius 2 is 1.93 bits per heavy atom. The fraction of sp³-hybridized carbons (Fsp3) is 0.625. The van der Waals surface area contributed by atoms with Crippen LogP contribution in [0.5, 0.6) is 0 Å². The van der Waals surface area contributed by atoms with Crippen LogP contribution in [0.4, 0.5) is 0 Å². The summed E-state index contributed by atoms with van der Waals surface area (Å²) < 4.78 is 22.0. The van der Waals surface area contributed by atoms with Crippen LogP contribution in [0.1, 0.15) is 13.8 Å². The second-order valence-corrected chi connectivity index (χ2v) is 5.64. The molecule has 0 spiro atoms. The summed E-state index contributed by atoms with van der Waals surface area (Å²) in [5, 5.41) is 4.95. The van der Waals surface area contributed by atoms with Crippen LogP contribution < -0.4 is 5.14 Å². The number of hydrogen-bond donors (Lipinski definition) is 1. The van der Waals surface area contributed by atoms with E-state index in [9.17, 15) is 13.2 Å². The van der Waals surface area contributed by atoms with Gasteiger partial charge < -0.3 is 9.80 Å². The summed E-state index contributed by atoms with van der Waals surface area (Å²) in [5.74, 6) is -0.260. The predicted molar refractivity (Wildman–Crippen MR) is 55.8 cm³/mol. The molecule has 1 aliphatic rings. The highest BCUT2D eigenvalue weighted by molar-refractivity contribution is 7.89. The van der Waals surface area contributed by atoms with Crippen LogP contribution in [0, 0.1) is 0 Å². The second-order valence-electron chi connectivity index (χ2n) is 4.06. The van der Waals surface area contributed by atoms with E-state index in [1.165, 1.54) is 9.80 Å². The van der Waals surface area contributed by atoms with Crippen molar-refractivity contribution in [1.29, 1.82) is 0 Å². The van der Waals surface area contributed by atoms with Crippen LogP contribution in [-0.4, -0.2) is 42.6 Å². The third-order valence-corrected chi connectivity index (χ3v) is 3.13. The first-order valence-corrected chi connectivity index (χ1v) is 6.04. The number of sulfonamides is 1. The van der Waals surface area contributed by atoms with E-state index in [1.54, 1.807) is 20.9 Å². The molecular formula is C8H15N3O3S. The molecule has 7 heteroatoms. The van der Waals surface area contributed by atoms with E-state index in [1.807, 2.05) is 0 Å². The van der Waals surface area contributed by atoms with Crippen LogP contribution in [0.15, 0.2) is 12.4 Å². The monoisotopic (exact) mass is 233 g/mol. The number of likely N-dealkylation sites (N-methyl/N-ethyl adjacent to an activating group) is 1. The van der Waals surface area contributed by atoms with Crippen molar-refractivity contribution >= 4 is 15.9 Å². The van der Waals surface area contributed by atoms with Gasteiger partial charge in [-0.05, 0) is 13.8 Å². The Labute approximate surface area is 89.4 Å². The van der Waals surface area contributed by atoms with Crippen LogP contribution in [0.3, 0.4) is 0 Å². The van der Waals surface area contributed by atoms with Crippen molar-refractivity contribution < 1.29 is 13.2 Å². The highest BCUT2D eigenvalue weighted by Gasteiger charge is 2.47. The summed E-state index contributed by atoms with van der Waals surface area (Å²) in [7, 11) is -2.12. The van der Waals surface area contributed by atoms with Gasteiger partial charge in [0, 0.05) is 7.05 Å². The van der Waals surface area contributed by atoms with Crippen molar-refractivity contribution in [3.63, 3.8) is 0 Å². The van der Waals surface area contributed by atoms with Gasteiger partial charge in [0.15, 0.2) is 0 Å². The molecule has 2 N–H and O–H groups in total. The Morgan fingerprint density at radius 3 is 2.20 bits per heavy atom. The average molecular weight is 233 g/mol. The average Bonchev–Trinajstić information content (AvgIpc) is 2.18. The third-order valence-electron chi connectivity index (χ3n) is 2.51. The van der Waals surface area contributed by atoms with Crippen LogP contribution in [-0.2, 0) is 14.8 Å². The Morgan fingerprint density at radius 1 is 1.47 bits per heavy atom. The number of nitrogens with zero attached hydrogens (tertiary/aromatic N) is 2. The highest BCUT2D eigenvalue weighted by atomic mass is 32.2. The molecule has 1 rings (SSSR count). The number of carbonyl (C=O) groups excluding carboxylic acids is 1. The molecule has 0 saturated carbocycles. The molecule has 1 fully saturated rings. The SMILES string of the molecule is C=C1N(C)C(=O)C(C)(C)N1CS(N)(=O)=O. The Bertz CT molecular complexity index is 413. The van der Waals surface area contributed by atoms with Gasteiger partial charge in [-0.15, -0.1) is 0 Å². The molecular weight excluding hydrogens is 218 g/mol. The zero-order chi connectivity index (χ0) is 12.0. The molecule has 15 heavy (non-hydrogen) atoms. The fourth-order valence-electron chi connectivity index (χ4n) is 1.56. The van der Waals surface area contributed by atoms with Crippen molar-refractivity contribution in [2.24, 2.45) is 5.14 Å².